The first-order valence-corrected chi connectivity index (χ1v) is 5.88. The van der Waals surface area contributed by atoms with Gasteiger partial charge in [-0.2, -0.15) is 0 Å². The van der Waals surface area contributed by atoms with Crippen molar-refractivity contribution in [1.82, 2.24) is 5.32 Å². The first-order valence-electron chi connectivity index (χ1n) is 5.88. The molecule has 1 aromatic carbocycles. The molecule has 0 fully saturated rings. The molecule has 1 aromatic rings. The Morgan fingerprint density at radius 2 is 2.17 bits per heavy atom. The molecule has 0 aliphatic carbocycles. The first-order chi connectivity index (χ1) is 8.51. The van der Waals surface area contributed by atoms with Crippen molar-refractivity contribution in [2.75, 3.05) is 13.7 Å². The molecule has 0 atom stereocenters. The van der Waals surface area contributed by atoms with E-state index in [1.165, 1.54) is 19.2 Å². The van der Waals surface area contributed by atoms with Crippen LogP contribution in [0.5, 0.6) is 5.75 Å². The van der Waals surface area contributed by atoms with Gasteiger partial charge in [0.15, 0.2) is 5.96 Å². The summed E-state index contributed by atoms with van der Waals surface area (Å²) in [5.74, 6) is 1.00. The molecule has 3 N–H and O–H groups in total. The molecular weight excluding hydrogens is 233 g/mol. The van der Waals surface area contributed by atoms with E-state index in [0.717, 1.165) is 12.1 Å². The number of aliphatic imine (C=N–C) groups is 1. The highest BCUT2D eigenvalue weighted by molar-refractivity contribution is 5.77. The van der Waals surface area contributed by atoms with Crippen LogP contribution in [0.3, 0.4) is 0 Å². The van der Waals surface area contributed by atoms with E-state index >= 15 is 0 Å². The van der Waals surface area contributed by atoms with Gasteiger partial charge in [-0.3, -0.25) is 0 Å². The second-order valence-corrected chi connectivity index (χ2v) is 4.48. The second-order valence-electron chi connectivity index (χ2n) is 4.48. The van der Waals surface area contributed by atoms with Gasteiger partial charge in [0, 0.05) is 12.6 Å². The van der Waals surface area contributed by atoms with Crippen LogP contribution in [-0.4, -0.2) is 19.6 Å². The number of nitrogens with two attached hydrogens (primary N) is 1. The van der Waals surface area contributed by atoms with Gasteiger partial charge in [-0.15, -0.1) is 0 Å². The Morgan fingerprint density at radius 3 is 2.78 bits per heavy atom. The molecule has 1 rings (SSSR count). The van der Waals surface area contributed by atoms with Crippen LogP contribution in [0.2, 0.25) is 0 Å². The van der Waals surface area contributed by atoms with Crippen LogP contribution in [0.15, 0.2) is 23.2 Å². The van der Waals surface area contributed by atoms with Crippen LogP contribution in [0.25, 0.3) is 0 Å². The van der Waals surface area contributed by atoms with E-state index in [2.05, 4.69) is 24.2 Å². The average molecular weight is 253 g/mol. The maximum atomic E-state index is 13.2. The average Bonchev–Trinajstić information content (AvgIpc) is 2.33. The number of halogens is 1. The molecule has 0 amide bonds. The molecule has 18 heavy (non-hydrogen) atoms. The minimum absolute atomic E-state index is 0.324. The Kier molecular flexibility index (Phi) is 5.42. The normalized spacial score (nSPS) is 11.7. The quantitative estimate of drug-likeness (QED) is 0.622. The van der Waals surface area contributed by atoms with E-state index in [-0.39, 0.29) is 5.82 Å². The molecule has 0 saturated carbocycles. The number of methoxy groups -OCH3 is 1. The highest BCUT2D eigenvalue weighted by Gasteiger charge is 2.01. The summed E-state index contributed by atoms with van der Waals surface area (Å²) in [6.45, 7) is 5.25. The Morgan fingerprint density at radius 1 is 1.44 bits per heavy atom. The Hall–Kier alpha value is -1.78. The molecule has 4 nitrogen and oxygen atoms in total. The number of benzene rings is 1. The van der Waals surface area contributed by atoms with E-state index < -0.39 is 0 Å². The van der Waals surface area contributed by atoms with Gasteiger partial charge in [0.1, 0.15) is 11.6 Å². The summed E-state index contributed by atoms with van der Waals surface area (Å²) >= 11 is 0. The van der Waals surface area contributed by atoms with E-state index in [1.54, 1.807) is 6.07 Å². The van der Waals surface area contributed by atoms with Crippen LogP contribution in [0.1, 0.15) is 19.4 Å². The minimum atomic E-state index is -0.340. The Balaban J connectivity index is 2.61. The molecule has 0 spiro atoms. The fourth-order valence-corrected chi connectivity index (χ4v) is 1.37. The monoisotopic (exact) mass is 253 g/mol. The summed E-state index contributed by atoms with van der Waals surface area (Å²) in [4.78, 5) is 4.14. The number of hydrogen-bond donors (Lipinski definition) is 2. The zero-order valence-corrected chi connectivity index (χ0v) is 11.0. The summed E-state index contributed by atoms with van der Waals surface area (Å²) in [5, 5.41) is 3.00. The van der Waals surface area contributed by atoms with Gasteiger partial charge < -0.3 is 15.8 Å². The molecule has 0 aliphatic rings. The lowest BCUT2D eigenvalue weighted by molar-refractivity contribution is 0.410. The van der Waals surface area contributed by atoms with E-state index in [1.807, 2.05) is 0 Å². The number of hydrogen-bond acceptors (Lipinski definition) is 2. The predicted octanol–water partition coefficient (Wildman–Crippen LogP) is 1.89. The number of rotatable bonds is 5. The topological polar surface area (TPSA) is 59.6 Å². The summed E-state index contributed by atoms with van der Waals surface area (Å²) in [7, 11) is 1.50. The van der Waals surface area contributed by atoms with Crippen LogP contribution >= 0.6 is 0 Å². The van der Waals surface area contributed by atoms with Gasteiger partial charge in [-0.1, -0.05) is 13.8 Å². The minimum Gasteiger partial charge on any atom is -0.497 e. The fourth-order valence-electron chi connectivity index (χ4n) is 1.37. The molecule has 0 heterocycles. The lowest BCUT2D eigenvalue weighted by atomic mass is 10.2. The molecule has 100 valence electrons. The zero-order valence-electron chi connectivity index (χ0n) is 11.0. The molecule has 0 aliphatic heterocycles. The van der Waals surface area contributed by atoms with Crippen molar-refractivity contribution in [1.29, 1.82) is 0 Å². The number of guanidine groups is 1. The van der Waals surface area contributed by atoms with Crippen LogP contribution in [0.4, 0.5) is 4.39 Å². The highest BCUT2D eigenvalue weighted by Crippen LogP contribution is 2.16. The summed E-state index contributed by atoms with van der Waals surface area (Å²) in [6, 6.07) is 4.48. The SMILES string of the molecule is COc1cc(F)cc(CN=C(N)NCC(C)C)c1. The van der Waals surface area contributed by atoms with Gasteiger partial charge in [-0.05, 0) is 23.6 Å². The van der Waals surface area contributed by atoms with Crippen LogP contribution < -0.4 is 15.8 Å². The van der Waals surface area contributed by atoms with Crippen LogP contribution in [0, 0.1) is 11.7 Å². The summed E-state index contributed by atoms with van der Waals surface area (Å²) in [6.07, 6.45) is 0. The maximum absolute atomic E-state index is 13.2. The van der Waals surface area contributed by atoms with Crippen molar-refractivity contribution in [3.8, 4) is 5.75 Å². The third-order valence-electron chi connectivity index (χ3n) is 2.29. The van der Waals surface area contributed by atoms with E-state index in [0.29, 0.717) is 24.2 Å². The predicted molar refractivity (Wildman–Crippen MR) is 71.1 cm³/mol. The molecular formula is C13H20FN3O. The third kappa shape index (κ3) is 5.03. The molecule has 5 heteroatoms. The zero-order chi connectivity index (χ0) is 13.5. The van der Waals surface area contributed by atoms with E-state index in [4.69, 9.17) is 10.5 Å². The fraction of sp³-hybridized carbons (Fsp3) is 0.462. The molecule has 0 aromatic heterocycles. The van der Waals surface area contributed by atoms with Crippen molar-refractivity contribution in [2.24, 2.45) is 16.6 Å². The van der Waals surface area contributed by atoms with Gasteiger partial charge in [-0.25, -0.2) is 9.38 Å². The smallest absolute Gasteiger partial charge is 0.188 e. The Labute approximate surface area is 107 Å². The third-order valence-corrected chi connectivity index (χ3v) is 2.29. The molecule has 0 bridgehead atoms. The number of nitrogens with one attached hydrogen (secondary N) is 1. The van der Waals surface area contributed by atoms with Crippen molar-refractivity contribution >= 4 is 5.96 Å². The van der Waals surface area contributed by atoms with Gasteiger partial charge in [0.25, 0.3) is 0 Å². The standard InChI is InChI=1S/C13H20FN3O/c1-9(2)7-16-13(15)17-8-10-4-11(14)6-12(5-10)18-3/h4-6,9H,7-8H2,1-3H3,(H3,15,16,17). The lowest BCUT2D eigenvalue weighted by Gasteiger charge is -2.08. The lowest BCUT2D eigenvalue weighted by Crippen LogP contribution is -2.34. The molecule has 0 saturated heterocycles. The second kappa shape index (κ2) is 6.83. The van der Waals surface area contributed by atoms with Crippen molar-refractivity contribution in [3.05, 3.63) is 29.6 Å². The van der Waals surface area contributed by atoms with Crippen molar-refractivity contribution in [2.45, 2.75) is 20.4 Å². The van der Waals surface area contributed by atoms with Gasteiger partial charge in [0.05, 0.1) is 13.7 Å². The van der Waals surface area contributed by atoms with Gasteiger partial charge in [0.2, 0.25) is 0 Å². The summed E-state index contributed by atoms with van der Waals surface area (Å²) in [5.41, 5.74) is 6.42. The van der Waals surface area contributed by atoms with E-state index in [9.17, 15) is 4.39 Å². The maximum Gasteiger partial charge on any atom is 0.188 e. The largest absolute Gasteiger partial charge is 0.497 e. The Bertz CT molecular complexity index is 419. The van der Waals surface area contributed by atoms with Crippen molar-refractivity contribution < 1.29 is 9.13 Å². The van der Waals surface area contributed by atoms with Crippen molar-refractivity contribution in [3.63, 3.8) is 0 Å². The number of ether oxygens (including phenoxy) is 1. The first kappa shape index (κ1) is 14.3. The number of nitrogens with zero attached hydrogens (tertiary/aromatic N) is 1. The van der Waals surface area contributed by atoms with Gasteiger partial charge >= 0.3 is 0 Å². The highest BCUT2D eigenvalue weighted by atomic mass is 19.1. The molecule has 0 radical (unpaired) electrons. The molecule has 0 unspecified atom stereocenters. The van der Waals surface area contributed by atoms with Crippen LogP contribution in [-0.2, 0) is 6.54 Å². The summed E-state index contributed by atoms with van der Waals surface area (Å²) < 4.78 is 18.2.